The van der Waals surface area contributed by atoms with Gasteiger partial charge in [-0.1, -0.05) is 0 Å². The number of aromatic nitrogens is 1. The molecule has 1 aromatic rings. The van der Waals surface area contributed by atoms with Crippen LogP contribution in [0.15, 0.2) is 12.3 Å². The number of nitriles is 1. The van der Waals surface area contributed by atoms with Gasteiger partial charge in [-0.15, -0.1) is 0 Å². The average Bonchev–Trinajstić information content (AvgIpc) is 1.97. The van der Waals surface area contributed by atoms with E-state index in [0.717, 1.165) is 5.56 Å². The normalized spacial score (nSPS) is 9.18. The number of aryl methyl sites for hydroxylation is 1. The third-order valence-electron chi connectivity index (χ3n) is 1.49. The van der Waals surface area contributed by atoms with Crippen LogP contribution in [-0.4, -0.2) is 4.98 Å². The third-order valence-corrected chi connectivity index (χ3v) is 1.49. The molecule has 0 radical (unpaired) electrons. The van der Waals surface area contributed by atoms with Gasteiger partial charge in [-0.2, -0.15) is 9.65 Å². The Labute approximate surface area is 64.3 Å². The monoisotopic (exact) mass is 150 g/mol. The quantitative estimate of drug-likeness (QED) is 0.570. The summed E-state index contributed by atoms with van der Waals surface area (Å²) in [6.07, 6.45) is 1.48. The SMILES string of the molecule is Cc1ccnc(F)c1CC#N. The molecule has 0 unspecified atom stereocenters. The zero-order chi connectivity index (χ0) is 8.27. The maximum Gasteiger partial charge on any atom is 0.217 e. The predicted octanol–water partition coefficient (Wildman–Crippen LogP) is 1.60. The second-order valence-corrected chi connectivity index (χ2v) is 2.23. The van der Waals surface area contributed by atoms with Gasteiger partial charge in [-0.3, -0.25) is 0 Å². The molecule has 0 fully saturated rings. The van der Waals surface area contributed by atoms with Gasteiger partial charge in [0, 0.05) is 11.8 Å². The molecule has 0 atom stereocenters. The molecule has 0 aromatic carbocycles. The van der Waals surface area contributed by atoms with E-state index in [1.807, 2.05) is 6.07 Å². The smallest absolute Gasteiger partial charge is 0.217 e. The Morgan fingerprint density at radius 1 is 1.73 bits per heavy atom. The highest BCUT2D eigenvalue weighted by Gasteiger charge is 2.04. The van der Waals surface area contributed by atoms with Crippen LogP contribution in [0.2, 0.25) is 0 Å². The molecule has 2 nitrogen and oxygen atoms in total. The van der Waals surface area contributed by atoms with Crippen LogP contribution >= 0.6 is 0 Å². The van der Waals surface area contributed by atoms with Gasteiger partial charge in [0.1, 0.15) is 0 Å². The number of pyridine rings is 1. The van der Waals surface area contributed by atoms with E-state index in [2.05, 4.69) is 4.98 Å². The summed E-state index contributed by atoms with van der Waals surface area (Å²) in [5, 5.41) is 8.32. The van der Waals surface area contributed by atoms with Crippen LogP contribution in [0.3, 0.4) is 0 Å². The molecule has 56 valence electrons. The van der Waals surface area contributed by atoms with E-state index in [-0.39, 0.29) is 6.42 Å². The zero-order valence-corrected chi connectivity index (χ0v) is 6.13. The lowest BCUT2D eigenvalue weighted by Crippen LogP contribution is -1.95. The van der Waals surface area contributed by atoms with Crippen molar-refractivity contribution in [2.24, 2.45) is 0 Å². The van der Waals surface area contributed by atoms with Crippen LogP contribution in [0.5, 0.6) is 0 Å². The van der Waals surface area contributed by atoms with Crippen LogP contribution in [0.25, 0.3) is 0 Å². The van der Waals surface area contributed by atoms with E-state index in [1.165, 1.54) is 6.20 Å². The summed E-state index contributed by atoms with van der Waals surface area (Å²) in [7, 11) is 0. The van der Waals surface area contributed by atoms with Gasteiger partial charge in [0.2, 0.25) is 5.95 Å². The predicted molar refractivity (Wildman–Crippen MR) is 38.2 cm³/mol. The van der Waals surface area contributed by atoms with Gasteiger partial charge < -0.3 is 0 Å². The molecule has 1 heterocycles. The molecular weight excluding hydrogens is 143 g/mol. The first-order valence-electron chi connectivity index (χ1n) is 3.22. The summed E-state index contributed by atoms with van der Waals surface area (Å²) in [5.74, 6) is -0.536. The Morgan fingerprint density at radius 3 is 3.00 bits per heavy atom. The molecular formula is C8H7FN2. The second-order valence-electron chi connectivity index (χ2n) is 2.23. The molecule has 0 aliphatic heterocycles. The van der Waals surface area contributed by atoms with Crippen molar-refractivity contribution in [1.29, 1.82) is 5.26 Å². The Balaban J connectivity index is 3.12. The molecule has 0 saturated heterocycles. The van der Waals surface area contributed by atoms with Crippen LogP contribution in [0, 0.1) is 24.2 Å². The van der Waals surface area contributed by atoms with Crippen molar-refractivity contribution in [3.63, 3.8) is 0 Å². The number of rotatable bonds is 1. The van der Waals surface area contributed by atoms with Crippen molar-refractivity contribution in [3.8, 4) is 6.07 Å². The van der Waals surface area contributed by atoms with E-state index < -0.39 is 5.95 Å². The molecule has 0 aliphatic carbocycles. The van der Waals surface area contributed by atoms with Gasteiger partial charge in [-0.05, 0) is 18.6 Å². The van der Waals surface area contributed by atoms with Gasteiger partial charge >= 0.3 is 0 Å². The minimum Gasteiger partial charge on any atom is -0.228 e. The minimum atomic E-state index is -0.536. The Hall–Kier alpha value is -1.43. The highest BCUT2D eigenvalue weighted by molar-refractivity contribution is 5.25. The first kappa shape index (κ1) is 7.67. The Bertz CT molecular complexity index is 281. The summed E-state index contributed by atoms with van der Waals surface area (Å²) in [5.41, 5.74) is 1.18. The molecule has 0 amide bonds. The second kappa shape index (κ2) is 3.11. The van der Waals surface area contributed by atoms with Crippen molar-refractivity contribution in [2.45, 2.75) is 13.3 Å². The van der Waals surface area contributed by atoms with Crippen molar-refractivity contribution < 1.29 is 4.39 Å². The first-order chi connectivity index (χ1) is 5.25. The van der Waals surface area contributed by atoms with Gasteiger partial charge in [-0.25, -0.2) is 4.98 Å². The van der Waals surface area contributed by atoms with Crippen LogP contribution in [0.1, 0.15) is 11.1 Å². The molecule has 1 rings (SSSR count). The van der Waals surface area contributed by atoms with Gasteiger partial charge in [0.25, 0.3) is 0 Å². The summed E-state index contributed by atoms with van der Waals surface area (Å²) in [6, 6.07) is 3.58. The highest BCUT2D eigenvalue weighted by Crippen LogP contribution is 2.09. The summed E-state index contributed by atoms with van der Waals surface area (Å²) in [6.45, 7) is 1.76. The highest BCUT2D eigenvalue weighted by atomic mass is 19.1. The van der Waals surface area contributed by atoms with E-state index in [0.29, 0.717) is 5.56 Å². The third kappa shape index (κ3) is 1.53. The number of hydrogen-bond donors (Lipinski definition) is 0. The number of hydrogen-bond acceptors (Lipinski definition) is 2. The molecule has 11 heavy (non-hydrogen) atoms. The largest absolute Gasteiger partial charge is 0.228 e. The van der Waals surface area contributed by atoms with Crippen molar-refractivity contribution in [3.05, 3.63) is 29.3 Å². The molecule has 0 saturated carbocycles. The number of nitrogens with zero attached hydrogens (tertiary/aromatic N) is 2. The topological polar surface area (TPSA) is 36.7 Å². The lowest BCUT2D eigenvalue weighted by atomic mass is 10.1. The fraction of sp³-hybridized carbons (Fsp3) is 0.250. The molecule has 1 aromatic heterocycles. The molecule has 3 heteroatoms. The molecule has 0 bridgehead atoms. The number of halogens is 1. The maximum absolute atomic E-state index is 12.8. The summed E-state index contributed by atoms with van der Waals surface area (Å²) in [4.78, 5) is 3.44. The fourth-order valence-corrected chi connectivity index (χ4v) is 0.847. The van der Waals surface area contributed by atoms with Crippen molar-refractivity contribution in [2.75, 3.05) is 0 Å². The maximum atomic E-state index is 12.8. The first-order valence-corrected chi connectivity index (χ1v) is 3.22. The molecule has 0 aliphatic rings. The fourth-order valence-electron chi connectivity index (χ4n) is 0.847. The van der Waals surface area contributed by atoms with E-state index in [1.54, 1.807) is 13.0 Å². The van der Waals surface area contributed by atoms with Crippen molar-refractivity contribution in [1.82, 2.24) is 4.98 Å². The van der Waals surface area contributed by atoms with E-state index in [4.69, 9.17) is 5.26 Å². The van der Waals surface area contributed by atoms with E-state index >= 15 is 0 Å². The Kier molecular flexibility index (Phi) is 2.17. The Morgan fingerprint density at radius 2 is 2.45 bits per heavy atom. The molecule has 0 N–H and O–H groups in total. The van der Waals surface area contributed by atoms with E-state index in [9.17, 15) is 4.39 Å². The summed E-state index contributed by atoms with van der Waals surface area (Å²) >= 11 is 0. The minimum absolute atomic E-state index is 0.0888. The summed E-state index contributed by atoms with van der Waals surface area (Å²) < 4.78 is 12.8. The average molecular weight is 150 g/mol. The zero-order valence-electron chi connectivity index (χ0n) is 6.13. The standard InChI is InChI=1S/C8H7FN2/c1-6-3-5-11-8(9)7(6)2-4-10/h3,5H,2H2,1H3. The van der Waals surface area contributed by atoms with Crippen molar-refractivity contribution >= 4 is 0 Å². The molecule has 0 spiro atoms. The van der Waals surface area contributed by atoms with Gasteiger partial charge in [0.05, 0.1) is 12.5 Å². The van der Waals surface area contributed by atoms with Crippen LogP contribution in [0.4, 0.5) is 4.39 Å². The van der Waals surface area contributed by atoms with Gasteiger partial charge in [0.15, 0.2) is 0 Å². The van der Waals surface area contributed by atoms with Crippen LogP contribution in [-0.2, 0) is 6.42 Å². The lowest BCUT2D eigenvalue weighted by Gasteiger charge is -1.99. The van der Waals surface area contributed by atoms with Crippen LogP contribution < -0.4 is 0 Å². The lowest BCUT2D eigenvalue weighted by molar-refractivity contribution is 0.569.